The van der Waals surface area contributed by atoms with E-state index in [1.54, 1.807) is 24.3 Å². The lowest BCUT2D eigenvalue weighted by atomic mass is 10.2. The second-order valence-electron chi connectivity index (χ2n) is 3.91. The molecule has 1 N–H and O–H groups in total. The first-order chi connectivity index (χ1) is 8.97. The summed E-state index contributed by atoms with van der Waals surface area (Å²) in [4.78, 5) is 0.247. The van der Waals surface area contributed by atoms with Crippen molar-refractivity contribution < 1.29 is 8.42 Å². The highest BCUT2D eigenvalue weighted by atomic mass is 79.9. The van der Waals surface area contributed by atoms with Crippen LogP contribution in [0.3, 0.4) is 0 Å². The molecule has 0 saturated carbocycles. The van der Waals surface area contributed by atoms with Crippen molar-refractivity contribution in [2.24, 2.45) is 0 Å². The Morgan fingerprint density at radius 1 is 0.947 bits per heavy atom. The van der Waals surface area contributed by atoms with Gasteiger partial charge in [0, 0.05) is 15.5 Å². The van der Waals surface area contributed by atoms with Crippen molar-refractivity contribution in [3.8, 4) is 0 Å². The molecular formula is C13H11Br2NO2S. The van der Waals surface area contributed by atoms with Crippen LogP contribution in [0.5, 0.6) is 0 Å². The molecule has 0 saturated heterocycles. The summed E-state index contributed by atoms with van der Waals surface area (Å²) in [5.41, 5.74) is 0.896. The Morgan fingerprint density at radius 2 is 1.58 bits per heavy atom. The molecule has 2 aromatic carbocycles. The van der Waals surface area contributed by atoms with Crippen LogP contribution in [-0.4, -0.2) is 8.42 Å². The third kappa shape index (κ3) is 4.14. The van der Waals surface area contributed by atoms with Gasteiger partial charge in [-0.2, -0.15) is 0 Å². The molecule has 0 bridgehead atoms. The molecule has 0 amide bonds. The van der Waals surface area contributed by atoms with Gasteiger partial charge in [0.25, 0.3) is 0 Å². The van der Waals surface area contributed by atoms with Crippen molar-refractivity contribution >= 4 is 41.9 Å². The summed E-state index contributed by atoms with van der Waals surface area (Å²) in [6, 6.07) is 14.1. The monoisotopic (exact) mass is 403 g/mol. The van der Waals surface area contributed by atoms with E-state index in [-0.39, 0.29) is 11.4 Å². The summed E-state index contributed by atoms with van der Waals surface area (Å²) in [6.45, 7) is 0.258. The van der Waals surface area contributed by atoms with Gasteiger partial charge in [-0.05, 0) is 35.9 Å². The van der Waals surface area contributed by atoms with Gasteiger partial charge in [-0.15, -0.1) is 0 Å². The molecule has 0 radical (unpaired) electrons. The van der Waals surface area contributed by atoms with Gasteiger partial charge >= 0.3 is 0 Å². The summed E-state index contributed by atoms with van der Waals surface area (Å²) >= 11 is 6.62. The normalized spacial score (nSPS) is 11.5. The quantitative estimate of drug-likeness (QED) is 0.844. The Balaban J connectivity index is 2.14. The minimum atomic E-state index is -3.49. The Bertz CT molecular complexity index is 687. The fourth-order valence-corrected chi connectivity index (χ4v) is 3.60. The molecule has 0 aliphatic heterocycles. The van der Waals surface area contributed by atoms with Gasteiger partial charge in [-0.3, -0.25) is 0 Å². The molecule has 0 aliphatic carbocycles. The topological polar surface area (TPSA) is 46.2 Å². The molecule has 0 aromatic heterocycles. The Kier molecular flexibility index (Phi) is 4.78. The van der Waals surface area contributed by atoms with Gasteiger partial charge in [0.1, 0.15) is 0 Å². The van der Waals surface area contributed by atoms with E-state index in [0.717, 1.165) is 14.5 Å². The SMILES string of the molecule is O=S(=O)(NCc1cccc(Br)c1)c1cccc(Br)c1. The summed E-state index contributed by atoms with van der Waals surface area (Å²) in [5, 5.41) is 0. The van der Waals surface area contributed by atoms with Crippen LogP contribution < -0.4 is 4.72 Å². The molecule has 0 spiro atoms. The number of rotatable bonds is 4. The maximum Gasteiger partial charge on any atom is 0.240 e. The predicted octanol–water partition coefficient (Wildman–Crippen LogP) is 3.69. The maximum absolute atomic E-state index is 12.1. The molecule has 0 fully saturated rings. The molecule has 0 atom stereocenters. The van der Waals surface area contributed by atoms with E-state index in [1.807, 2.05) is 24.3 Å². The van der Waals surface area contributed by atoms with Crippen LogP contribution in [0, 0.1) is 0 Å². The third-order valence-corrected chi connectivity index (χ3v) is 4.85. The van der Waals surface area contributed by atoms with E-state index < -0.39 is 10.0 Å². The minimum Gasteiger partial charge on any atom is -0.207 e. The fourth-order valence-electron chi connectivity index (χ4n) is 1.54. The Morgan fingerprint density at radius 3 is 2.21 bits per heavy atom. The molecule has 0 unspecified atom stereocenters. The van der Waals surface area contributed by atoms with Crippen molar-refractivity contribution in [3.05, 3.63) is 63.0 Å². The van der Waals surface area contributed by atoms with Crippen LogP contribution in [0.4, 0.5) is 0 Å². The first kappa shape index (κ1) is 14.7. The third-order valence-electron chi connectivity index (χ3n) is 2.46. The van der Waals surface area contributed by atoms with Gasteiger partial charge < -0.3 is 0 Å². The molecule has 2 rings (SSSR count). The van der Waals surface area contributed by atoms with E-state index in [9.17, 15) is 8.42 Å². The van der Waals surface area contributed by atoms with Crippen LogP contribution in [0.2, 0.25) is 0 Å². The summed E-state index contributed by atoms with van der Waals surface area (Å²) in [5.74, 6) is 0. The van der Waals surface area contributed by atoms with Gasteiger partial charge in [-0.1, -0.05) is 50.1 Å². The van der Waals surface area contributed by atoms with E-state index in [2.05, 4.69) is 36.6 Å². The Hall–Kier alpha value is -0.690. The van der Waals surface area contributed by atoms with Crippen LogP contribution >= 0.6 is 31.9 Å². The number of halogens is 2. The number of nitrogens with one attached hydrogen (secondary N) is 1. The smallest absolute Gasteiger partial charge is 0.207 e. The second-order valence-corrected chi connectivity index (χ2v) is 7.51. The first-order valence-corrected chi connectivity index (χ1v) is 8.54. The highest BCUT2D eigenvalue weighted by Gasteiger charge is 2.13. The first-order valence-electron chi connectivity index (χ1n) is 5.47. The average molecular weight is 405 g/mol. The van der Waals surface area contributed by atoms with Crippen LogP contribution in [0.25, 0.3) is 0 Å². The molecule has 2 aromatic rings. The largest absolute Gasteiger partial charge is 0.240 e. The van der Waals surface area contributed by atoms with E-state index in [1.165, 1.54) is 0 Å². The van der Waals surface area contributed by atoms with E-state index >= 15 is 0 Å². The number of hydrogen-bond donors (Lipinski definition) is 1. The van der Waals surface area contributed by atoms with Gasteiger partial charge in [0.2, 0.25) is 10.0 Å². The maximum atomic E-state index is 12.1. The molecule has 6 heteroatoms. The lowest BCUT2D eigenvalue weighted by Gasteiger charge is -2.07. The lowest BCUT2D eigenvalue weighted by molar-refractivity contribution is 0.581. The van der Waals surface area contributed by atoms with Gasteiger partial charge in [0.05, 0.1) is 4.90 Å². The summed E-state index contributed by atoms with van der Waals surface area (Å²) in [7, 11) is -3.49. The lowest BCUT2D eigenvalue weighted by Crippen LogP contribution is -2.23. The van der Waals surface area contributed by atoms with Crippen molar-refractivity contribution in [1.29, 1.82) is 0 Å². The fraction of sp³-hybridized carbons (Fsp3) is 0.0769. The number of benzene rings is 2. The average Bonchev–Trinajstić information content (AvgIpc) is 2.37. The van der Waals surface area contributed by atoms with Crippen molar-refractivity contribution in [2.45, 2.75) is 11.4 Å². The Labute approximate surface area is 129 Å². The van der Waals surface area contributed by atoms with Crippen molar-refractivity contribution in [3.63, 3.8) is 0 Å². The highest BCUT2D eigenvalue weighted by molar-refractivity contribution is 9.10. The van der Waals surface area contributed by atoms with Gasteiger partial charge in [0.15, 0.2) is 0 Å². The van der Waals surface area contributed by atoms with Crippen LogP contribution in [-0.2, 0) is 16.6 Å². The number of hydrogen-bond acceptors (Lipinski definition) is 2. The molecule has 19 heavy (non-hydrogen) atoms. The molecule has 0 heterocycles. The zero-order valence-electron chi connectivity index (χ0n) is 9.81. The summed E-state index contributed by atoms with van der Waals surface area (Å²) < 4.78 is 28.4. The van der Waals surface area contributed by atoms with Gasteiger partial charge in [-0.25, -0.2) is 13.1 Å². The standard InChI is InChI=1S/C13H11Br2NO2S/c14-11-4-1-3-10(7-11)9-16-19(17,18)13-6-2-5-12(15)8-13/h1-8,16H,9H2. The van der Waals surface area contributed by atoms with E-state index in [0.29, 0.717) is 0 Å². The zero-order valence-corrected chi connectivity index (χ0v) is 13.8. The molecular weight excluding hydrogens is 394 g/mol. The second kappa shape index (κ2) is 6.17. The van der Waals surface area contributed by atoms with Crippen molar-refractivity contribution in [1.82, 2.24) is 4.72 Å². The van der Waals surface area contributed by atoms with E-state index in [4.69, 9.17) is 0 Å². The van der Waals surface area contributed by atoms with Crippen molar-refractivity contribution in [2.75, 3.05) is 0 Å². The number of sulfonamides is 1. The van der Waals surface area contributed by atoms with Crippen LogP contribution in [0.1, 0.15) is 5.56 Å². The molecule has 0 aliphatic rings. The minimum absolute atomic E-state index is 0.247. The van der Waals surface area contributed by atoms with Crippen LogP contribution in [0.15, 0.2) is 62.4 Å². The summed E-state index contributed by atoms with van der Waals surface area (Å²) in [6.07, 6.45) is 0. The molecule has 3 nitrogen and oxygen atoms in total. The highest BCUT2D eigenvalue weighted by Crippen LogP contribution is 2.17. The zero-order chi connectivity index (χ0) is 13.9. The molecule has 100 valence electrons. The predicted molar refractivity (Wildman–Crippen MR) is 82.3 cm³/mol.